The van der Waals surface area contributed by atoms with Crippen molar-refractivity contribution in [2.75, 3.05) is 23.7 Å². The number of piperidine rings is 1. The molecule has 1 aromatic carbocycles. The highest BCUT2D eigenvalue weighted by Crippen LogP contribution is 2.25. The molecule has 0 aliphatic carbocycles. The van der Waals surface area contributed by atoms with Crippen LogP contribution in [0.4, 0.5) is 10.8 Å². The van der Waals surface area contributed by atoms with E-state index in [4.69, 9.17) is 5.73 Å². The van der Waals surface area contributed by atoms with Crippen molar-refractivity contribution in [1.29, 1.82) is 0 Å². The van der Waals surface area contributed by atoms with Gasteiger partial charge in [0, 0.05) is 25.2 Å². The lowest BCUT2D eigenvalue weighted by Crippen LogP contribution is -2.29. The first-order valence-corrected chi connectivity index (χ1v) is 7.55. The number of hydrogen-bond donors (Lipinski definition) is 1. The van der Waals surface area contributed by atoms with Gasteiger partial charge in [0.1, 0.15) is 5.01 Å². The van der Waals surface area contributed by atoms with Gasteiger partial charge in [-0.2, -0.15) is 0 Å². The minimum absolute atomic E-state index is 0.801. The van der Waals surface area contributed by atoms with E-state index in [9.17, 15) is 0 Å². The van der Waals surface area contributed by atoms with Gasteiger partial charge >= 0.3 is 0 Å². The van der Waals surface area contributed by atoms with Crippen LogP contribution in [0.25, 0.3) is 0 Å². The molecule has 1 fully saturated rings. The van der Waals surface area contributed by atoms with Crippen LogP contribution in [0, 0.1) is 0 Å². The third kappa shape index (κ3) is 3.04. The summed E-state index contributed by atoms with van der Waals surface area (Å²) in [5.74, 6) is 0. The summed E-state index contributed by atoms with van der Waals surface area (Å²) in [5.41, 5.74) is 7.72. The van der Waals surface area contributed by atoms with Crippen LogP contribution in [0.1, 0.15) is 29.8 Å². The van der Waals surface area contributed by atoms with Crippen molar-refractivity contribution in [2.45, 2.75) is 25.7 Å². The largest absolute Gasteiger partial charge is 0.399 e. The molecule has 2 aromatic rings. The van der Waals surface area contributed by atoms with Crippen LogP contribution in [0.5, 0.6) is 0 Å². The maximum absolute atomic E-state index is 5.69. The Morgan fingerprint density at radius 1 is 1.05 bits per heavy atom. The third-order valence-corrected chi connectivity index (χ3v) is 4.40. The van der Waals surface area contributed by atoms with Gasteiger partial charge in [0.05, 0.1) is 0 Å². The van der Waals surface area contributed by atoms with E-state index < -0.39 is 0 Å². The van der Waals surface area contributed by atoms with Crippen LogP contribution in [0.2, 0.25) is 0 Å². The number of nitrogens with zero attached hydrogens (tertiary/aromatic N) is 3. The normalized spacial score (nSPS) is 15.7. The van der Waals surface area contributed by atoms with E-state index in [0.717, 1.165) is 35.3 Å². The van der Waals surface area contributed by atoms with E-state index in [1.54, 1.807) is 11.3 Å². The average molecular weight is 274 g/mol. The zero-order valence-corrected chi connectivity index (χ0v) is 11.7. The predicted molar refractivity (Wildman–Crippen MR) is 79.6 cm³/mol. The van der Waals surface area contributed by atoms with Gasteiger partial charge in [-0.25, -0.2) is 0 Å². The lowest BCUT2D eigenvalue weighted by atomic mass is 10.1. The molecule has 3 rings (SSSR count). The molecule has 0 atom stereocenters. The molecular weight excluding hydrogens is 256 g/mol. The zero-order valence-electron chi connectivity index (χ0n) is 10.9. The fourth-order valence-electron chi connectivity index (χ4n) is 2.34. The van der Waals surface area contributed by atoms with Crippen LogP contribution in [-0.4, -0.2) is 23.3 Å². The van der Waals surface area contributed by atoms with Crippen LogP contribution >= 0.6 is 11.3 Å². The van der Waals surface area contributed by atoms with Crippen molar-refractivity contribution in [3.8, 4) is 0 Å². The standard InChI is InChI=1S/C14H18N4S/c15-12-6-4-11(5-7-12)10-13-16-17-14(19-13)18-8-2-1-3-9-18/h4-7H,1-3,8-10,15H2. The first-order valence-electron chi connectivity index (χ1n) is 6.73. The first-order chi connectivity index (χ1) is 9.31. The molecule has 0 spiro atoms. The molecule has 1 saturated heterocycles. The summed E-state index contributed by atoms with van der Waals surface area (Å²) in [6.45, 7) is 2.24. The maximum Gasteiger partial charge on any atom is 0.208 e. The highest BCUT2D eigenvalue weighted by Gasteiger charge is 2.15. The van der Waals surface area contributed by atoms with E-state index in [2.05, 4.69) is 27.2 Å². The van der Waals surface area contributed by atoms with E-state index in [-0.39, 0.29) is 0 Å². The predicted octanol–water partition coefficient (Wildman–Crippen LogP) is 2.70. The fraction of sp³-hybridized carbons (Fsp3) is 0.429. The summed E-state index contributed by atoms with van der Waals surface area (Å²) in [7, 11) is 0. The van der Waals surface area contributed by atoms with E-state index in [1.165, 1.54) is 24.8 Å². The Bertz CT molecular complexity index is 529. The SMILES string of the molecule is Nc1ccc(Cc2nnc(N3CCCCC3)s2)cc1. The summed E-state index contributed by atoms with van der Waals surface area (Å²) in [5, 5.41) is 10.8. The van der Waals surface area contributed by atoms with E-state index >= 15 is 0 Å². The fourth-order valence-corrected chi connectivity index (χ4v) is 3.26. The highest BCUT2D eigenvalue weighted by molar-refractivity contribution is 7.15. The molecule has 5 heteroatoms. The van der Waals surface area contributed by atoms with Crippen molar-refractivity contribution in [3.05, 3.63) is 34.8 Å². The number of anilines is 2. The number of rotatable bonds is 3. The third-order valence-electron chi connectivity index (χ3n) is 3.42. The summed E-state index contributed by atoms with van der Waals surface area (Å²) >= 11 is 1.71. The Hall–Kier alpha value is -1.62. The second-order valence-electron chi connectivity index (χ2n) is 4.94. The van der Waals surface area contributed by atoms with Gasteiger partial charge in [-0.3, -0.25) is 0 Å². The Morgan fingerprint density at radius 3 is 2.53 bits per heavy atom. The van der Waals surface area contributed by atoms with Gasteiger partial charge in [-0.15, -0.1) is 10.2 Å². The Labute approximate surface area is 117 Å². The van der Waals surface area contributed by atoms with Crippen LogP contribution in [-0.2, 0) is 6.42 Å². The van der Waals surface area contributed by atoms with Crippen molar-refractivity contribution in [1.82, 2.24) is 10.2 Å². The molecule has 1 aliphatic heterocycles. The number of nitrogen functional groups attached to an aromatic ring is 1. The molecule has 19 heavy (non-hydrogen) atoms. The Balaban J connectivity index is 1.68. The molecule has 0 saturated carbocycles. The second kappa shape index (κ2) is 5.57. The van der Waals surface area contributed by atoms with Crippen molar-refractivity contribution >= 4 is 22.2 Å². The van der Waals surface area contributed by atoms with E-state index in [1.807, 2.05) is 12.1 Å². The Morgan fingerprint density at radius 2 is 1.79 bits per heavy atom. The quantitative estimate of drug-likeness (QED) is 0.874. The molecule has 4 nitrogen and oxygen atoms in total. The number of aromatic nitrogens is 2. The number of benzene rings is 1. The topological polar surface area (TPSA) is 55.0 Å². The average Bonchev–Trinajstić information content (AvgIpc) is 2.91. The number of nitrogens with two attached hydrogens (primary N) is 1. The van der Waals surface area contributed by atoms with Gasteiger partial charge in [-0.05, 0) is 37.0 Å². The van der Waals surface area contributed by atoms with Gasteiger partial charge in [-0.1, -0.05) is 23.5 Å². The van der Waals surface area contributed by atoms with Crippen LogP contribution in [0.15, 0.2) is 24.3 Å². The zero-order chi connectivity index (χ0) is 13.1. The summed E-state index contributed by atoms with van der Waals surface area (Å²) in [6, 6.07) is 7.97. The molecule has 2 heterocycles. The monoisotopic (exact) mass is 274 g/mol. The van der Waals surface area contributed by atoms with Gasteiger partial charge in [0.2, 0.25) is 5.13 Å². The highest BCUT2D eigenvalue weighted by atomic mass is 32.1. The molecule has 0 amide bonds. The van der Waals surface area contributed by atoms with Crippen molar-refractivity contribution < 1.29 is 0 Å². The van der Waals surface area contributed by atoms with Crippen LogP contribution < -0.4 is 10.6 Å². The van der Waals surface area contributed by atoms with Crippen molar-refractivity contribution in [3.63, 3.8) is 0 Å². The summed E-state index contributed by atoms with van der Waals surface area (Å²) < 4.78 is 0. The maximum atomic E-state index is 5.69. The molecular formula is C14H18N4S. The molecule has 0 unspecified atom stereocenters. The first kappa shape index (κ1) is 12.4. The lowest BCUT2D eigenvalue weighted by molar-refractivity contribution is 0.575. The van der Waals surface area contributed by atoms with Crippen LogP contribution in [0.3, 0.4) is 0 Å². The van der Waals surface area contributed by atoms with Crippen molar-refractivity contribution in [2.24, 2.45) is 0 Å². The molecule has 1 aromatic heterocycles. The molecule has 0 bridgehead atoms. The molecule has 0 radical (unpaired) electrons. The molecule has 1 aliphatic rings. The minimum Gasteiger partial charge on any atom is -0.399 e. The van der Waals surface area contributed by atoms with E-state index in [0.29, 0.717) is 0 Å². The molecule has 100 valence electrons. The summed E-state index contributed by atoms with van der Waals surface area (Å²) in [6.07, 6.45) is 4.72. The summed E-state index contributed by atoms with van der Waals surface area (Å²) in [4.78, 5) is 2.35. The van der Waals surface area contributed by atoms with Gasteiger partial charge in [0.15, 0.2) is 0 Å². The van der Waals surface area contributed by atoms with Gasteiger partial charge in [0.25, 0.3) is 0 Å². The number of hydrogen-bond acceptors (Lipinski definition) is 5. The Kier molecular flexibility index (Phi) is 3.64. The lowest BCUT2D eigenvalue weighted by Gasteiger charge is -2.25. The second-order valence-corrected chi connectivity index (χ2v) is 5.98. The van der Waals surface area contributed by atoms with Gasteiger partial charge < -0.3 is 10.6 Å². The smallest absolute Gasteiger partial charge is 0.208 e. The molecule has 2 N–H and O–H groups in total. The minimum atomic E-state index is 0.801.